The molecular weight excluding hydrogens is 366 g/mol. The average molecular weight is 389 g/mol. The monoisotopic (exact) mass is 389 g/mol. The van der Waals surface area contributed by atoms with E-state index in [1.807, 2.05) is 54.6 Å². The first-order chi connectivity index (χ1) is 14.1. The Bertz CT molecular complexity index is 1000. The second-order valence-electron chi connectivity index (χ2n) is 7.35. The molecule has 1 aliphatic rings. The molecule has 0 fully saturated rings. The second-order valence-corrected chi connectivity index (χ2v) is 7.35. The molecule has 0 saturated carbocycles. The van der Waals surface area contributed by atoms with Crippen molar-refractivity contribution >= 4 is 17.5 Å². The van der Waals surface area contributed by atoms with Gasteiger partial charge in [0.25, 0.3) is 0 Å². The molecule has 7 heteroatoms. The maximum Gasteiger partial charge on any atom is 0.238 e. The Morgan fingerprint density at radius 1 is 1.03 bits per heavy atom. The number of amides is 2. The lowest BCUT2D eigenvalue weighted by molar-refractivity contribution is -0.129. The number of para-hydroxylation sites is 1. The molecule has 148 valence electrons. The smallest absolute Gasteiger partial charge is 0.238 e. The Hall–Kier alpha value is -3.48. The van der Waals surface area contributed by atoms with Crippen LogP contribution in [0.4, 0.5) is 5.69 Å². The third-order valence-electron chi connectivity index (χ3n) is 5.46. The third kappa shape index (κ3) is 3.63. The number of nitrogens with one attached hydrogen (secondary N) is 1. The lowest BCUT2D eigenvalue weighted by Gasteiger charge is -2.28. The number of aromatic nitrogens is 3. The van der Waals surface area contributed by atoms with Crippen LogP contribution in [0.3, 0.4) is 0 Å². The zero-order chi connectivity index (χ0) is 20.3. The fourth-order valence-corrected chi connectivity index (χ4v) is 4.06. The Balaban J connectivity index is 1.59. The number of carbonyl (C=O) groups excluding carboxylic acids is 2. The number of rotatable bonds is 7. The minimum absolute atomic E-state index is 0.0449. The molecule has 1 aliphatic heterocycles. The van der Waals surface area contributed by atoms with Crippen LogP contribution in [-0.2, 0) is 28.0 Å². The topological polar surface area (TPSA) is 80.1 Å². The lowest BCUT2D eigenvalue weighted by Crippen LogP contribution is -2.44. The van der Waals surface area contributed by atoms with Gasteiger partial charge in [0.1, 0.15) is 12.7 Å². The Morgan fingerprint density at radius 2 is 1.72 bits per heavy atom. The molecule has 0 saturated heterocycles. The van der Waals surface area contributed by atoms with E-state index in [2.05, 4.69) is 15.5 Å². The average Bonchev–Trinajstić information content (AvgIpc) is 3.32. The minimum Gasteiger partial charge on any atom is -0.354 e. The van der Waals surface area contributed by atoms with Crippen LogP contribution in [0.15, 0.2) is 67.3 Å². The lowest BCUT2D eigenvalue weighted by atomic mass is 9.73. The number of hydrogen-bond acceptors (Lipinski definition) is 4. The van der Waals surface area contributed by atoms with E-state index in [1.54, 1.807) is 29.2 Å². The molecular formula is C22H23N5O2. The van der Waals surface area contributed by atoms with Crippen LogP contribution in [0.2, 0.25) is 0 Å². The Morgan fingerprint density at radius 3 is 2.48 bits per heavy atom. The van der Waals surface area contributed by atoms with Gasteiger partial charge < -0.3 is 14.8 Å². The molecule has 2 aromatic carbocycles. The number of hydrogen-bond donors (Lipinski definition) is 1. The molecule has 1 N–H and O–H groups in total. The molecule has 0 bridgehead atoms. The van der Waals surface area contributed by atoms with E-state index >= 15 is 0 Å². The summed E-state index contributed by atoms with van der Waals surface area (Å²) in [6.07, 6.45) is 3.79. The molecule has 1 atom stereocenters. The van der Waals surface area contributed by atoms with Gasteiger partial charge in [0, 0.05) is 32.2 Å². The summed E-state index contributed by atoms with van der Waals surface area (Å²) in [4.78, 5) is 27.9. The molecule has 2 heterocycles. The first-order valence-corrected chi connectivity index (χ1v) is 9.61. The summed E-state index contributed by atoms with van der Waals surface area (Å²) in [6, 6.07) is 17.6. The summed E-state index contributed by atoms with van der Waals surface area (Å²) >= 11 is 0. The maximum absolute atomic E-state index is 13.4. The highest BCUT2D eigenvalue weighted by atomic mass is 16.2. The summed E-state index contributed by atoms with van der Waals surface area (Å²) in [6.45, 7) is 1.03. The van der Waals surface area contributed by atoms with Crippen LogP contribution < -0.4 is 10.2 Å². The van der Waals surface area contributed by atoms with Crippen molar-refractivity contribution in [2.24, 2.45) is 0 Å². The van der Waals surface area contributed by atoms with Gasteiger partial charge in [-0.25, -0.2) is 0 Å². The van der Waals surface area contributed by atoms with Gasteiger partial charge in [-0.1, -0.05) is 48.5 Å². The number of nitrogens with zero attached hydrogens (tertiary/aromatic N) is 4. The molecule has 29 heavy (non-hydrogen) atoms. The molecule has 0 unspecified atom stereocenters. The first-order valence-electron chi connectivity index (χ1n) is 9.61. The highest BCUT2D eigenvalue weighted by Crippen LogP contribution is 2.45. The van der Waals surface area contributed by atoms with Crippen LogP contribution in [-0.4, -0.2) is 40.2 Å². The summed E-state index contributed by atoms with van der Waals surface area (Å²) in [5.74, 6) is -0.191. The second kappa shape index (κ2) is 7.87. The molecule has 0 spiro atoms. The van der Waals surface area contributed by atoms with Crippen molar-refractivity contribution < 1.29 is 9.59 Å². The van der Waals surface area contributed by atoms with Gasteiger partial charge in [-0.2, -0.15) is 0 Å². The van der Waals surface area contributed by atoms with Crippen LogP contribution in [0.1, 0.15) is 17.5 Å². The predicted octanol–water partition coefficient (Wildman–Crippen LogP) is 1.94. The van der Waals surface area contributed by atoms with Crippen molar-refractivity contribution in [3.63, 3.8) is 0 Å². The number of likely N-dealkylation sites (N-methyl/N-ethyl adjacent to an activating group) is 1. The van der Waals surface area contributed by atoms with Crippen LogP contribution >= 0.6 is 0 Å². The van der Waals surface area contributed by atoms with E-state index in [0.29, 0.717) is 19.5 Å². The third-order valence-corrected chi connectivity index (χ3v) is 5.46. The van der Waals surface area contributed by atoms with E-state index in [4.69, 9.17) is 0 Å². The normalized spacial score (nSPS) is 18.0. The van der Waals surface area contributed by atoms with Gasteiger partial charge in [-0.15, -0.1) is 10.2 Å². The van der Waals surface area contributed by atoms with Gasteiger partial charge in [0.15, 0.2) is 0 Å². The summed E-state index contributed by atoms with van der Waals surface area (Å²) < 4.78 is 1.80. The van der Waals surface area contributed by atoms with E-state index in [1.165, 1.54) is 0 Å². The largest absolute Gasteiger partial charge is 0.354 e. The number of fused-ring (bicyclic) bond motifs is 1. The van der Waals surface area contributed by atoms with E-state index < -0.39 is 5.41 Å². The van der Waals surface area contributed by atoms with Gasteiger partial charge >= 0.3 is 0 Å². The standard InChI is InChI=1S/C22H23N5O2/c1-26-19-10-6-5-9-18(19)22(21(26)29,13-17-7-3-2-4-8-17)14-20(28)23-11-12-27-15-24-25-16-27/h2-10,15-16H,11-14H2,1H3,(H,23,28)/t22-/m1/s1. The molecule has 2 amide bonds. The number of anilines is 1. The number of benzene rings is 2. The molecule has 1 aromatic heterocycles. The summed E-state index contributed by atoms with van der Waals surface area (Å²) in [5.41, 5.74) is 1.90. The Kier molecular flexibility index (Phi) is 5.12. The van der Waals surface area contributed by atoms with Crippen LogP contribution in [0.5, 0.6) is 0 Å². The van der Waals surface area contributed by atoms with E-state index in [0.717, 1.165) is 16.8 Å². The summed E-state index contributed by atoms with van der Waals surface area (Å²) in [7, 11) is 1.78. The Labute approximate surface area is 169 Å². The van der Waals surface area contributed by atoms with Gasteiger partial charge in [-0.3, -0.25) is 9.59 Å². The van der Waals surface area contributed by atoms with Crippen LogP contribution in [0, 0.1) is 0 Å². The van der Waals surface area contributed by atoms with Gasteiger partial charge in [0.2, 0.25) is 11.8 Å². The molecule has 0 aliphatic carbocycles. The van der Waals surface area contributed by atoms with Crippen molar-refractivity contribution in [1.82, 2.24) is 20.1 Å². The van der Waals surface area contributed by atoms with Crippen LogP contribution in [0.25, 0.3) is 0 Å². The molecule has 4 rings (SSSR count). The van der Waals surface area contributed by atoms with Gasteiger partial charge in [-0.05, 0) is 23.6 Å². The quantitative estimate of drug-likeness (QED) is 0.670. The molecule has 3 aromatic rings. The highest BCUT2D eigenvalue weighted by Gasteiger charge is 2.50. The van der Waals surface area contributed by atoms with Crippen molar-refractivity contribution in [3.05, 3.63) is 78.4 Å². The van der Waals surface area contributed by atoms with Gasteiger partial charge in [0.05, 0.1) is 5.41 Å². The fraction of sp³-hybridized carbons (Fsp3) is 0.273. The molecule has 0 radical (unpaired) electrons. The van der Waals surface area contributed by atoms with Crippen molar-refractivity contribution in [2.45, 2.75) is 24.8 Å². The SMILES string of the molecule is CN1C(=O)[C@@](CC(=O)NCCn2cnnc2)(Cc2ccccc2)c2ccccc21. The van der Waals surface area contributed by atoms with E-state index in [-0.39, 0.29) is 18.2 Å². The van der Waals surface area contributed by atoms with Crippen molar-refractivity contribution in [3.8, 4) is 0 Å². The first kappa shape index (κ1) is 18.9. The number of carbonyl (C=O) groups is 2. The highest BCUT2D eigenvalue weighted by molar-refractivity contribution is 6.09. The predicted molar refractivity (Wildman–Crippen MR) is 109 cm³/mol. The van der Waals surface area contributed by atoms with Crippen molar-refractivity contribution in [2.75, 3.05) is 18.5 Å². The minimum atomic E-state index is -0.909. The zero-order valence-corrected chi connectivity index (χ0v) is 16.3. The fourth-order valence-electron chi connectivity index (χ4n) is 4.06. The summed E-state index contributed by atoms with van der Waals surface area (Å²) in [5, 5.41) is 10.4. The van der Waals surface area contributed by atoms with Crippen molar-refractivity contribution in [1.29, 1.82) is 0 Å². The zero-order valence-electron chi connectivity index (χ0n) is 16.3. The molecule has 7 nitrogen and oxygen atoms in total. The van der Waals surface area contributed by atoms with E-state index in [9.17, 15) is 9.59 Å². The maximum atomic E-state index is 13.4.